The maximum absolute atomic E-state index is 3.53. The minimum Gasteiger partial charge on any atom is -0.392 e. The standard InChI is InChI=1S/C43H67NSi6/c1-32-22-21-25-35-31-41(45(40(2,3)4)39-36-26-19-17-23-33(36)30-34-24-18-20-27-37(34)39)44(38(32)35)50(41)42(46(5,6)7,47(8,9)10)28-29-43(50,48(11,12)13)49(14,15)16/h17-27,30,45H,28-29,31H2,1-16H3/t41-,44?,45-/m0/s1. The summed E-state index contributed by atoms with van der Waals surface area (Å²) in [5.74, 6) is 0. The van der Waals surface area contributed by atoms with E-state index < -0.39 is 49.3 Å². The van der Waals surface area contributed by atoms with Crippen LogP contribution in [-0.2, 0) is 6.42 Å². The van der Waals surface area contributed by atoms with Gasteiger partial charge in [-0.15, -0.1) is 0 Å². The van der Waals surface area contributed by atoms with E-state index in [1.807, 2.05) is 0 Å². The maximum Gasteiger partial charge on any atom is 0.180 e. The number of anilines is 1. The zero-order chi connectivity index (χ0) is 36.9. The minimum absolute atomic E-state index is 0.204. The van der Waals surface area contributed by atoms with E-state index in [1.165, 1.54) is 30.0 Å². The summed E-state index contributed by atoms with van der Waals surface area (Å²) < 4.78 is 4.60. The van der Waals surface area contributed by atoms with E-state index in [-0.39, 0.29) is 9.82 Å². The van der Waals surface area contributed by atoms with Gasteiger partial charge in [-0.2, -0.15) is 0 Å². The molecule has 1 spiro atoms. The Hall–Kier alpha value is -1.50. The summed E-state index contributed by atoms with van der Waals surface area (Å²) in [5.41, 5.74) is 4.97. The van der Waals surface area contributed by atoms with Crippen LogP contribution in [0, 0.1) is 6.92 Å². The summed E-state index contributed by atoms with van der Waals surface area (Å²) in [6.45, 7) is 45.0. The largest absolute Gasteiger partial charge is 0.392 e. The lowest BCUT2D eigenvalue weighted by molar-refractivity contribution is 0.714. The topological polar surface area (TPSA) is 3.01 Å². The number of aryl methyl sites for hydroxylation is 1. The Morgan fingerprint density at radius 1 is 0.620 bits per heavy atom. The lowest BCUT2D eigenvalue weighted by Gasteiger charge is -2.63. The molecule has 4 aromatic carbocycles. The highest BCUT2D eigenvalue weighted by Crippen LogP contribution is 2.88. The Bertz CT molecular complexity index is 1890. The fourth-order valence-corrected chi connectivity index (χ4v) is 80.6. The number of rotatable bonds is 6. The van der Waals surface area contributed by atoms with E-state index in [4.69, 9.17) is 0 Å². The van der Waals surface area contributed by atoms with Gasteiger partial charge in [0.1, 0.15) is 8.80 Å². The van der Waals surface area contributed by atoms with Gasteiger partial charge in [-0.25, -0.2) is 0 Å². The number of para-hydroxylation sites is 1. The summed E-state index contributed by atoms with van der Waals surface area (Å²) in [6.07, 6.45) is 4.33. The molecule has 0 bridgehead atoms. The predicted molar refractivity (Wildman–Crippen MR) is 242 cm³/mol. The van der Waals surface area contributed by atoms with E-state index in [2.05, 4.69) is 184 Å². The first kappa shape index (κ1) is 36.8. The summed E-state index contributed by atoms with van der Waals surface area (Å²) in [7, 11) is -11.2. The SMILES string of the molecule is Cc1cccc2c1N1[C@]([Si@@H](c3c4ccccc4cc4ccccc34)C(C)(C)C)(C2)[Si]12C([Si](C)(C)C)([Si](C)(C)C)CCC2([Si](C)(C)C)[Si](C)(C)C. The molecule has 50 heavy (non-hydrogen) atoms. The first-order valence-electron chi connectivity index (χ1n) is 19.7. The first-order valence-corrected chi connectivity index (χ1v) is 37.4. The molecule has 3 heterocycles. The third kappa shape index (κ3) is 4.19. The molecule has 0 amide bonds. The third-order valence-electron chi connectivity index (χ3n) is 15.0. The molecule has 0 saturated carbocycles. The molecule has 3 aliphatic rings. The fourth-order valence-electron chi connectivity index (χ4n) is 14.8. The van der Waals surface area contributed by atoms with Gasteiger partial charge in [0.15, 0.2) is 8.24 Å². The molecular weight excluding hydrogens is 699 g/mol. The number of hydrogen-bond donors (Lipinski definition) is 0. The Morgan fingerprint density at radius 3 is 1.48 bits per heavy atom. The third-order valence-corrected chi connectivity index (χ3v) is 61.0. The number of nitrogens with zero attached hydrogens (tertiary/aromatic N) is 1. The Balaban J connectivity index is 1.77. The van der Waals surface area contributed by atoms with Crippen molar-refractivity contribution in [3.8, 4) is 0 Å². The molecule has 2 fully saturated rings. The van der Waals surface area contributed by atoms with Crippen molar-refractivity contribution in [1.29, 1.82) is 0 Å². The van der Waals surface area contributed by atoms with Crippen molar-refractivity contribution in [2.24, 2.45) is 0 Å². The van der Waals surface area contributed by atoms with Crippen molar-refractivity contribution < 1.29 is 0 Å². The van der Waals surface area contributed by atoms with Crippen LogP contribution in [0.15, 0.2) is 72.8 Å². The smallest absolute Gasteiger partial charge is 0.180 e. The van der Waals surface area contributed by atoms with Crippen molar-refractivity contribution in [3.05, 3.63) is 83.9 Å². The summed E-state index contributed by atoms with van der Waals surface area (Å²) in [6, 6.07) is 29.1. The number of benzene rings is 4. The lowest BCUT2D eigenvalue weighted by Crippen LogP contribution is -2.76. The van der Waals surface area contributed by atoms with Gasteiger partial charge in [-0.3, -0.25) is 0 Å². The van der Waals surface area contributed by atoms with Gasteiger partial charge in [-0.05, 0) is 70.9 Å². The maximum atomic E-state index is 3.53. The highest BCUT2D eigenvalue weighted by atomic mass is 28.5. The fraction of sp³-hybridized carbons (Fsp3) is 0.535. The Morgan fingerprint density at radius 2 is 1.06 bits per heavy atom. The molecule has 7 rings (SSSR count). The van der Waals surface area contributed by atoms with Gasteiger partial charge in [0.2, 0.25) is 0 Å². The highest BCUT2D eigenvalue weighted by Gasteiger charge is 2.99. The van der Waals surface area contributed by atoms with Gasteiger partial charge >= 0.3 is 0 Å². The second-order valence-corrected chi connectivity index (χ2v) is 55.6. The predicted octanol–water partition coefficient (Wildman–Crippen LogP) is 12.2. The van der Waals surface area contributed by atoms with Crippen LogP contribution in [0.4, 0.5) is 5.69 Å². The van der Waals surface area contributed by atoms with Crippen molar-refractivity contribution >= 4 is 81.7 Å². The summed E-state index contributed by atoms with van der Waals surface area (Å²) in [4.78, 5) is 0.282. The van der Waals surface area contributed by atoms with Crippen LogP contribution < -0.4 is 9.75 Å². The molecule has 2 saturated heterocycles. The molecule has 0 unspecified atom stereocenters. The minimum atomic E-state index is -2.36. The quantitative estimate of drug-likeness (QED) is 0.107. The first-order chi connectivity index (χ1) is 22.9. The second-order valence-electron chi connectivity index (χ2n) is 22.1. The monoisotopic (exact) mass is 765 g/mol. The van der Waals surface area contributed by atoms with Gasteiger partial charge < -0.3 is 4.57 Å². The van der Waals surface area contributed by atoms with E-state index in [1.54, 1.807) is 32.8 Å². The Labute approximate surface area is 312 Å². The van der Waals surface area contributed by atoms with Gasteiger partial charge in [0.05, 0.1) is 0 Å². The molecule has 0 aromatic heterocycles. The average Bonchev–Trinajstić information content (AvgIpc) is 3.23. The second kappa shape index (κ2) is 10.8. The van der Waals surface area contributed by atoms with Gasteiger partial charge in [-0.1, -0.05) is 179 Å². The molecule has 4 aromatic rings. The zero-order valence-electron chi connectivity index (χ0n) is 34.6. The van der Waals surface area contributed by atoms with Crippen LogP contribution in [0.5, 0.6) is 0 Å². The van der Waals surface area contributed by atoms with E-state index >= 15 is 0 Å². The molecule has 0 N–H and O–H groups in total. The molecule has 3 aliphatic heterocycles. The molecule has 7 heteroatoms. The number of fused-ring (bicyclic) bond motifs is 7. The summed E-state index contributed by atoms with van der Waals surface area (Å²) >= 11 is 0. The molecular formula is C43H67NSi6. The Kier molecular flexibility index (Phi) is 7.96. The molecule has 1 nitrogen and oxygen atoms in total. The van der Waals surface area contributed by atoms with Crippen molar-refractivity contribution in [2.45, 2.75) is 144 Å². The average molecular weight is 767 g/mol. The molecule has 268 valence electrons. The van der Waals surface area contributed by atoms with Crippen LogP contribution in [0.2, 0.25) is 92.2 Å². The lowest BCUT2D eigenvalue weighted by atomic mass is 10.0. The van der Waals surface area contributed by atoms with Crippen molar-refractivity contribution in [2.75, 3.05) is 4.57 Å². The van der Waals surface area contributed by atoms with Crippen LogP contribution in [-0.4, -0.2) is 54.1 Å². The van der Waals surface area contributed by atoms with Crippen LogP contribution in [0.1, 0.15) is 44.7 Å². The molecule has 2 atom stereocenters. The van der Waals surface area contributed by atoms with Gasteiger partial charge in [0, 0.05) is 42.8 Å². The van der Waals surface area contributed by atoms with E-state index in [0.717, 1.165) is 0 Å². The highest BCUT2D eigenvalue weighted by molar-refractivity contribution is 7.37. The molecule has 0 radical (unpaired) electrons. The summed E-state index contributed by atoms with van der Waals surface area (Å²) in [5, 5.41) is 8.03. The van der Waals surface area contributed by atoms with E-state index in [9.17, 15) is 0 Å². The number of hydrogen-bond acceptors (Lipinski definition) is 1. The van der Waals surface area contributed by atoms with Crippen LogP contribution in [0.3, 0.4) is 0 Å². The van der Waals surface area contributed by atoms with E-state index in [0.29, 0.717) is 8.57 Å². The van der Waals surface area contributed by atoms with Gasteiger partial charge in [0.25, 0.3) is 0 Å². The normalized spacial score (nSPS) is 23.4. The van der Waals surface area contributed by atoms with Crippen molar-refractivity contribution in [3.63, 3.8) is 0 Å². The van der Waals surface area contributed by atoms with Crippen molar-refractivity contribution in [1.82, 2.24) is 0 Å². The van der Waals surface area contributed by atoms with Crippen LogP contribution >= 0.6 is 0 Å². The zero-order valence-corrected chi connectivity index (χ0v) is 40.7. The molecule has 0 aliphatic carbocycles. The van der Waals surface area contributed by atoms with Crippen LogP contribution in [0.25, 0.3) is 21.5 Å².